The first-order chi connectivity index (χ1) is 15.3. The SMILES string of the molecule is Cc1c(C(=O)COC(=O)c2ccc(S(=O)(=O)NCC3CCCO3)cc2)oc2ccccc12. The van der Waals surface area contributed by atoms with Crippen LogP contribution in [-0.2, 0) is 19.5 Å². The van der Waals surface area contributed by atoms with Gasteiger partial charge in [-0.3, -0.25) is 4.79 Å². The predicted molar refractivity (Wildman–Crippen MR) is 116 cm³/mol. The number of esters is 1. The van der Waals surface area contributed by atoms with E-state index in [1.54, 1.807) is 19.1 Å². The van der Waals surface area contributed by atoms with Gasteiger partial charge < -0.3 is 13.9 Å². The summed E-state index contributed by atoms with van der Waals surface area (Å²) < 4.78 is 43.4. The molecule has 4 rings (SSSR count). The van der Waals surface area contributed by atoms with Gasteiger partial charge in [0.25, 0.3) is 0 Å². The van der Waals surface area contributed by atoms with Crippen LogP contribution in [0.3, 0.4) is 0 Å². The van der Waals surface area contributed by atoms with Crippen LogP contribution in [0.15, 0.2) is 57.8 Å². The van der Waals surface area contributed by atoms with Crippen molar-refractivity contribution in [2.24, 2.45) is 0 Å². The summed E-state index contributed by atoms with van der Waals surface area (Å²) in [4.78, 5) is 24.8. The van der Waals surface area contributed by atoms with Crippen LogP contribution < -0.4 is 4.72 Å². The van der Waals surface area contributed by atoms with E-state index in [0.717, 1.165) is 18.2 Å². The van der Waals surface area contributed by atoms with E-state index in [-0.39, 0.29) is 28.9 Å². The third kappa shape index (κ3) is 4.74. The van der Waals surface area contributed by atoms with Crippen LogP contribution in [0.5, 0.6) is 0 Å². The van der Waals surface area contributed by atoms with E-state index in [1.807, 2.05) is 12.1 Å². The monoisotopic (exact) mass is 457 g/mol. The number of carbonyl (C=O) groups excluding carboxylic acids is 2. The predicted octanol–water partition coefficient (Wildman–Crippen LogP) is 3.24. The molecule has 0 bridgehead atoms. The van der Waals surface area contributed by atoms with Crippen LogP contribution in [0.2, 0.25) is 0 Å². The van der Waals surface area contributed by atoms with E-state index >= 15 is 0 Å². The average molecular weight is 458 g/mol. The van der Waals surface area contributed by atoms with Gasteiger partial charge in [-0.25, -0.2) is 17.9 Å². The number of nitrogens with one attached hydrogen (secondary N) is 1. The van der Waals surface area contributed by atoms with Crippen molar-refractivity contribution < 1.29 is 31.9 Å². The Bertz CT molecular complexity index is 1240. The third-order valence-electron chi connectivity index (χ3n) is 5.36. The summed E-state index contributed by atoms with van der Waals surface area (Å²) in [5.74, 6) is -1.04. The number of benzene rings is 2. The third-order valence-corrected chi connectivity index (χ3v) is 6.80. The van der Waals surface area contributed by atoms with Crippen LogP contribution >= 0.6 is 0 Å². The van der Waals surface area contributed by atoms with Crippen molar-refractivity contribution in [3.63, 3.8) is 0 Å². The number of Topliss-reactive ketones (excluding diaryl/α,β-unsaturated/α-hetero) is 1. The molecule has 0 saturated carbocycles. The van der Waals surface area contributed by atoms with Gasteiger partial charge in [-0.2, -0.15) is 0 Å². The Hall–Kier alpha value is -3.01. The molecule has 2 heterocycles. The number of aryl methyl sites for hydroxylation is 1. The van der Waals surface area contributed by atoms with Gasteiger partial charge in [0.15, 0.2) is 12.4 Å². The van der Waals surface area contributed by atoms with Crippen molar-refractivity contribution in [1.82, 2.24) is 4.72 Å². The Balaban J connectivity index is 1.36. The molecule has 1 N–H and O–H groups in total. The molecule has 1 fully saturated rings. The van der Waals surface area contributed by atoms with E-state index < -0.39 is 28.4 Å². The maximum absolute atomic E-state index is 12.5. The summed E-state index contributed by atoms with van der Waals surface area (Å²) >= 11 is 0. The molecule has 0 amide bonds. The lowest BCUT2D eigenvalue weighted by molar-refractivity contribution is 0.0468. The zero-order chi connectivity index (χ0) is 22.7. The fourth-order valence-corrected chi connectivity index (χ4v) is 4.65. The van der Waals surface area contributed by atoms with Crippen LogP contribution in [-0.4, -0.2) is 46.0 Å². The standard InChI is InChI=1S/C23H23NO7S/c1-15-19-6-2-3-7-21(19)31-22(15)20(25)14-30-23(26)16-8-10-18(11-9-16)32(27,28)24-13-17-5-4-12-29-17/h2-3,6-11,17,24H,4-5,12-14H2,1H3. The first-order valence-electron chi connectivity index (χ1n) is 10.2. The maximum Gasteiger partial charge on any atom is 0.338 e. The van der Waals surface area contributed by atoms with E-state index in [9.17, 15) is 18.0 Å². The number of hydrogen-bond donors (Lipinski definition) is 1. The van der Waals surface area contributed by atoms with Crippen molar-refractivity contribution in [2.75, 3.05) is 19.8 Å². The van der Waals surface area contributed by atoms with Gasteiger partial charge in [0.1, 0.15) is 5.58 Å². The highest BCUT2D eigenvalue weighted by Gasteiger charge is 2.22. The molecule has 1 aliphatic heterocycles. The van der Waals surface area contributed by atoms with E-state index in [2.05, 4.69) is 4.72 Å². The van der Waals surface area contributed by atoms with Gasteiger partial charge in [-0.15, -0.1) is 0 Å². The number of ether oxygens (including phenoxy) is 2. The molecule has 1 aliphatic rings. The summed E-state index contributed by atoms with van der Waals surface area (Å²) in [6.45, 7) is 2.13. The molecule has 168 valence electrons. The van der Waals surface area contributed by atoms with E-state index in [4.69, 9.17) is 13.9 Å². The van der Waals surface area contributed by atoms with Gasteiger partial charge in [-0.1, -0.05) is 18.2 Å². The zero-order valence-corrected chi connectivity index (χ0v) is 18.3. The van der Waals surface area contributed by atoms with Gasteiger partial charge in [0, 0.05) is 24.1 Å². The highest BCUT2D eigenvalue weighted by Crippen LogP contribution is 2.25. The Morgan fingerprint density at radius 1 is 1.12 bits per heavy atom. The lowest BCUT2D eigenvalue weighted by Gasteiger charge is -2.11. The van der Waals surface area contributed by atoms with E-state index in [0.29, 0.717) is 17.8 Å². The van der Waals surface area contributed by atoms with Gasteiger partial charge in [0.05, 0.1) is 16.6 Å². The minimum atomic E-state index is -3.72. The Morgan fingerprint density at radius 2 is 1.88 bits per heavy atom. The fourth-order valence-electron chi connectivity index (χ4n) is 3.58. The molecular weight excluding hydrogens is 434 g/mol. The molecule has 32 heavy (non-hydrogen) atoms. The van der Waals surface area contributed by atoms with Crippen molar-refractivity contribution in [3.8, 4) is 0 Å². The number of carbonyl (C=O) groups is 2. The quantitative estimate of drug-likeness (QED) is 0.408. The Morgan fingerprint density at radius 3 is 2.56 bits per heavy atom. The highest BCUT2D eigenvalue weighted by atomic mass is 32.2. The molecule has 2 aromatic carbocycles. The van der Waals surface area contributed by atoms with Gasteiger partial charge in [0.2, 0.25) is 15.8 Å². The molecule has 9 heteroatoms. The number of hydrogen-bond acceptors (Lipinski definition) is 7. The second kappa shape index (κ2) is 9.23. The van der Waals surface area contributed by atoms with Crippen LogP contribution in [0.1, 0.15) is 39.3 Å². The average Bonchev–Trinajstić information content (AvgIpc) is 3.44. The normalized spacial score (nSPS) is 16.3. The molecule has 0 radical (unpaired) electrons. The first-order valence-corrected chi connectivity index (χ1v) is 11.7. The molecule has 1 saturated heterocycles. The topological polar surface area (TPSA) is 112 Å². The molecule has 8 nitrogen and oxygen atoms in total. The Kier molecular flexibility index (Phi) is 6.40. The van der Waals surface area contributed by atoms with Crippen molar-refractivity contribution in [1.29, 1.82) is 0 Å². The zero-order valence-electron chi connectivity index (χ0n) is 17.5. The number of para-hydroxylation sites is 1. The molecular formula is C23H23NO7S. The highest BCUT2D eigenvalue weighted by molar-refractivity contribution is 7.89. The lowest BCUT2D eigenvalue weighted by atomic mass is 10.1. The molecule has 1 atom stereocenters. The van der Waals surface area contributed by atoms with Crippen LogP contribution in [0.4, 0.5) is 0 Å². The van der Waals surface area contributed by atoms with Crippen molar-refractivity contribution in [3.05, 3.63) is 65.4 Å². The maximum atomic E-state index is 12.5. The summed E-state index contributed by atoms with van der Waals surface area (Å²) in [7, 11) is -3.72. The molecule has 3 aromatic rings. The summed E-state index contributed by atoms with van der Waals surface area (Å²) in [6.07, 6.45) is 1.62. The second-order valence-electron chi connectivity index (χ2n) is 7.56. The molecule has 0 spiro atoms. The number of sulfonamides is 1. The summed E-state index contributed by atoms with van der Waals surface area (Å²) in [5.41, 5.74) is 1.41. The number of furan rings is 1. The number of fused-ring (bicyclic) bond motifs is 1. The summed E-state index contributed by atoms with van der Waals surface area (Å²) in [6, 6.07) is 12.6. The van der Waals surface area contributed by atoms with Crippen LogP contribution in [0.25, 0.3) is 11.0 Å². The fraction of sp³-hybridized carbons (Fsp3) is 0.304. The number of rotatable bonds is 8. The first kappa shape index (κ1) is 22.2. The molecule has 1 unspecified atom stereocenters. The van der Waals surface area contributed by atoms with Crippen molar-refractivity contribution >= 4 is 32.7 Å². The minimum Gasteiger partial charge on any atom is -0.454 e. The molecule has 0 aliphatic carbocycles. The number of ketones is 1. The smallest absolute Gasteiger partial charge is 0.338 e. The summed E-state index contributed by atoms with van der Waals surface area (Å²) in [5, 5.41) is 0.826. The minimum absolute atomic E-state index is 0.0287. The Labute approximate surface area is 185 Å². The lowest BCUT2D eigenvalue weighted by Crippen LogP contribution is -2.31. The second-order valence-corrected chi connectivity index (χ2v) is 9.33. The van der Waals surface area contributed by atoms with E-state index in [1.165, 1.54) is 24.3 Å². The largest absolute Gasteiger partial charge is 0.454 e. The van der Waals surface area contributed by atoms with Crippen molar-refractivity contribution in [2.45, 2.75) is 30.8 Å². The van der Waals surface area contributed by atoms with Gasteiger partial charge >= 0.3 is 5.97 Å². The van der Waals surface area contributed by atoms with Crippen LogP contribution in [0, 0.1) is 6.92 Å². The molecule has 1 aromatic heterocycles. The van der Waals surface area contributed by atoms with Gasteiger partial charge in [-0.05, 0) is 50.1 Å².